The SMILES string of the molecule is CC12CNc3cc(F)c(Br)cc3NC1COC2. The molecule has 2 aliphatic rings. The number of ether oxygens (including phenoxy) is 1. The van der Waals surface area contributed by atoms with E-state index in [9.17, 15) is 4.39 Å². The predicted molar refractivity (Wildman–Crippen MR) is 68.9 cm³/mol. The van der Waals surface area contributed by atoms with Crippen molar-refractivity contribution >= 4 is 27.3 Å². The summed E-state index contributed by atoms with van der Waals surface area (Å²) < 4.78 is 19.5. The largest absolute Gasteiger partial charge is 0.383 e. The predicted octanol–water partition coefficient (Wildman–Crippen LogP) is 2.83. The van der Waals surface area contributed by atoms with E-state index in [1.54, 1.807) is 6.07 Å². The zero-order valence-electron chi connectivity index (χ0n) is 9.52. The average Bonchev–Trinajstić information content (AvgIpc) is 2.58. The van der Waals surface area contributed by atoms with Gasteiger partial charge in [-0.3, -0.25) is 0 Å². The summed E-state index contributed by atoms with van der Waals surface area (Å²) in [6.45, 7) is 4.41. The molecular weight excluding hydrogens is 287 g/mol. The van der Waals surface area contributed by atoms with E-state index in [-0.39, 0.29) is 17.3 Å². The van der Waals surface area contributed by atoms with E-state index < -0.39 is 0 Å². The third kappa shape index (κ3) is 1.81. The summed E-state index contributed by atoms with van der Waals surface area (Å²) in [5, 5.41) is 6.75. The molecule has 17 heavy (non-hydrogen) atoms. The molecule has 0 saturated carbocycles. The van der Waals surface area contributed by atoms with Crippen LogP contribution in [0.25, 0.3) is 0 Å². The molecule has 0 radical (unpaired) electrons. The lowest BCUT2D eigenvalue weighted by Crippen LogP contribution is -2.40. The normalized spacial score (nSPS) is 30.9. The zero-order chi connectivity index (χ0) is 12.0. The summed E-state index contributed by atoms with van der Waals surface area (Å²) in [5.74, 6) is -0.244. The van der Waals surface area contributed by atoms with Gasteiger partial charge in [-0.15, -0.1) is 0 Å². The Hall–Kier alpha value is -0.810. The topological polar surface area (TPSA) is 33.3 Å². The van der Waals surface area contributed by atoms with Crippen molar-refractivity contribution in [2.45, 2.75) is 13.0 Å². The van der Waals surface area contributed by atoms with Crippen LogP contribution in [0.3, 0.4) is 0 Å². The standard InChI is InChI=1S/C12H14BrFN2O/c1-12-5-15-9-3-8(14)7(13)2-10(9)16-11(12)4-17-6-12/h2-3,11,15-16H,4-6H2,1H3. The Morgan fingerprint density at radius 1 is 1.47 bits per heavy atom. The first kappa shape index (κ1) is 11.3. The lowest BCUT2D eigenvalue weighted by Gasteiger charge is -2.27. The van der Waals surface area contributed by atoms with E-state index in [0.717, 1.165) is 24.5 Å². The minimum Gasteiger partial charge on any atom is -0.383 e. The van der Waals surface area contributed by atoms with Crippen LogP contribution in [-0.4, -0.2) is 25.8 Å². The van der Waals surface area contributed by atoms with Gasteiger partial charge in [-0.25, -0.2) is 4.39 Å². The summed E-state index contributed by atoms with van der Waals surface area (Å²) >= 11 is 3.21. The van der Waals surface area contributed by atoms with Crippen molar-refractivity contribution in [2.24, 2.45) is 5.41 Å². The number of rotatable bonds is 0. The van der Waals surface area contributed by atoms with Crippen LogP contribution in [0, 0.1) is 11.2 Å². The second kappa shape index (κ2) is 3.85. The Labute approximate surface area is 108 Å². The molecule has 2 aliphatic heterocycles. The molecule has 92 valence electrons. The molecule has 3 nitrogen and oxygen atoms in total. The number of anilines is 2. The maximum atomic E-state index is 13.5. The number of fused-ring (bicyclic) bond motifs is 2. The van der Waals surface area contributed by atoms with Crippen LogP contribution in [-0.2, 0) is 4.74 Å². The molecule has 0 spiro atoms. The van der Waals surface area contributed by atoms with Gasteiger partial charge in [0.15, 0.2) is 0 Å². The quantitative estimate of drug-likeness (QED) is 0.773. The van der Waals surface area contributed by atoms with Crippen LogP contribution in [0.4, 0.5) is 15.8 Å². The molecule has 1 aromatic carbocycles. The lowest BCUT2D eigenvalue weighted by molar-refractivity contribution is 0.164. The average molecular weight is 301 g/mol. The van der Waals surface area contributed by atoms with Gasteiger partial charge in [0, 0.05) is 18.0 Å². The highest BCUT2D eigenvalue weighted by Crippen LogP contribution is 2.38. The summed E-state index contributed by atoms with van der Waals surface area (Å²) in [6.07, 6.45) is 0. The Kier molecular flexibility index (Phi) is 2.56. The summed E-state index contributed by atoms with van der Waals surface area (Å²) in [4.78, 5) is 0. The smallest absolute Gasteiger partial charge is 0.139 e. The molecule has 1 aromatic rings. The number of nitrogens with one attached hydrogen (secondary N) is 2. The molecule has 0 amide bonds. The van der Waals surface area contributed by atoms with Crippen molar-refractivity contribution in [2.75, 3.05) is 30.4 Å². The molecule has 0 bridgehead atoms. The second-order valence-corrected chi connectivity index (χ2v) is 5.89. The van der Waals surface area contributed by atoms with Crippen molar-refractivity contribution in [3.63, 3.8) is 0 Å². The summed E-state index contributed by atoms with van der Waals surface area (Å²) in [6, 6.07) is 3.58. The Bertz CT molecular complexity index is 468. The van der Waals surface area contributed by atoms with E-state index >= 15 is 0 Å². The molecule has 0 aromatic heterocycles. The van der Waals surface area contributed by atoms with Gasteiger partial charge >= 0.3 is 0 Å². The van der Waals surface area contributed by atoms with E-state index in [1.807, 2.05) is 0 Å². The van der Waals surface area contributed by atoms with Gasteiger partial charge < -0.3 is 15.4 Å². The number of halogens is 2. The minimum absolute atomic E-state index is 0.0575. The Balaban J connectivity index is 2.00. The van der Waals surface area contributed by atoms with Crippen LogP contribution >= 0.6 is 15.9 Å². The van der Waals surface area contributed by atoms with Gasteiger partial charge in [-0.05, 0) is 22.0 Å². The monoisotopic (exact) mass is 300 g/mol. The van der Waals surface area contributed by atoms with Gasteiger partial charge in [0.25, 0.3) is 0 Å². The first-order valence-electron chi connectivity index (χ1n) is 5.66. The Morgan fingerprint density at radius 3 is 3.12 bits per heavy atom. The van der Waals surface area contributed by atoms with E-state index in [2.05, 4.69) is 33.5 Å². The molecule has 1 saturated heterocycles. The van der Waals surface area contributed by atoms with Crippen LogP contribution in [0.5, 0.6) is 0 Å². The van der Waals surface area contributed by atoms with Gasteiger partial charge in [0.2, 0.25) is 0 Å². The summed E-state index contributed by atoms with van der Waals surface area (Å²) in [7, 11) is 0. The highest BCUT2D eigenvalue weighted by atomic mass is 79.9. The molecule has 2 atom stereocenters. The fraction of sp³-hybridized carbons (Fsp3) is 0.500. The zero-order valence-corrected chi connectivity index (χ0v) is 11.1. The molecule has 3 rings (SSSR count). The van der Waals surface area contributed by atoms with Crippen molar-refractivity contribution in [1.82, 2.24) is 0 Å². The molecule has 0 aliphatic carbocycles. The second-order valence-electron chi connectivity index (χ2n) is 5.03. The van der Waals surface area contributed by atoms with Crippen LogP contribution in [0.15, 0.2) is 16.6 Å². The Morgan fingerprint density at radius 2 is 2.29 bits per heavy atom. The van der Waals surface area contributed by atoms with Crippen LogP contribution in [0.2, 0.25) is 0 Å². The first-order valence-corrected chi connectivity index (χ1v) is 6.45. The molecule has 2 N–H and O–H groups in total. The maximum Gasteiger partial charge on any atom is 0.139 e. The highest BCUT2D eigenvalue weighted by Gasteiger charge is 2.41. The fourth-order valence-electron chi connectivity index (χ4n) is 2.40. The molecule has 2 unspecified atom stereocenters. The lowest BCUT2D eigenvalue weighted by atomic mass is 9.85. The van der Waals surface area contributed by atoms with Gasteiger partial charge in [0.05, 0.1) is 35.1 Å². The number of hydrogen-bond donors (Lipinski definition) is 2. The fourth-order valence-corrected chi connectivity index (χ4v) is 2.74. The first-order chi connectivity index (χ1) is 8.08. The molecule has 2 heterocycles. The van der Waals surface area contributed by atoms with Crippen LogP contribution < -0.4 is 10.6 Å². The molecule has 1 fully saturated rings. The summed E-state index contributed by atoms with van der Waals surface area (Å²) in [5.41, 5.74) is 1.81. The minimum atomic E-state index is -0.244. The van der Waals surface area contributed by atoms with Crippen LogP contribution in [0.1, 0.15) is 6.92 Å². The molecule has 5 heteroatoms. The highest BCUT2D eigenvalue weighted by molar-refractivity contribution is 9.10. The van der Waals surface area contributed by atoms with Crippen molar-refractivity contribution in [1.29, 1.82) is 0 Å². The van der Waals surface area contributed by atoms with E-state index in [0.29, 0.717) is 11.1 Å². The van der Waals surface area contributed by atoms with Gasteiger partial charge in [0.1, 0.15) is 5.82 Å². The maximum absolute atomic E-state index is 13.5. The van der Waals surface area contributed by atoms with E-state index in [1.165, 1.54) is 6.07 Å². The number of hydrogen-bond acceptors (Lipinski definition) is 3. The third-order valence-electron chi connectivity index (χ3n) is 3.63. The van der Waals surface area contributed by atoms with Crippen molar-refractivity contribution in [3.05, 3.63) is 22.4 Å². The van der Waals surface area contributed by atoms with Gasteiger partial charge in [-0.1, -0.05) is 6.92 Å². The van der Waals surface area contributed by atoms with Gasteiger partial charge in [-0.2, -0.15) is 0 Å². The molecular formula is C12H14BrFN2O. The van der Waals surface area contributed by atoms with E-state index in [4.69, 9.17) is 4.74 Å². The van der Waals surface area contributed by atoms with Crippen molar-refractivity contribution in [3.8, 4) is 0 Å². The number of benzene rings is 1. The van der Waals surface area contributed by atoms with Crippen molar-refractivity contribution < 1.29 is 9.13 Å². The third-order valence-corrected chi connectivity index (χ3v) is 4.24.